The molecule has 8 heteroatoms. The minimum Gasteiger partial charge on any atom is -0.369 e. The fourth-order valence-electron chi connectivity index (χ4n) is 2.94. The summed E-state index contributed by atoms with van der Waals surface area (Å²) in [4.78, 5) is 42.3. The van der Waals surface area contributed by atoms with Crippen LogP contribution >= 0.6 is 11.8 Å². The normalized spacial score (nSPS) is 24.1. The maximum Gasteiger partial charge on any atom is 0.267 e. The van der Waals surface area contributed by atoms with Gasteiger partial charge in [-0.25, -0.2) is 4.98 Å². The molecule has 3 rings (SSSR count). The first kappa shape index (κ1) is 15.1. The minimum absolute atomic E-state index is 0.0184. The van der Waals surface area contributed by atoms with Crippen molar-refractivity contribution in [3.05, 3.63) is 22.1 Å². The molecule has 2 N–H and O–H groups in total. The molecule has 0 unspecified atom stereocenters. The molecule has 1 aromatic rings. The Morgan fingerprint density at radius 1 is 1.41 bits per heavy atom. The van der Waals surface area contributed by atoms with Crippen molar-refractivity contribution < 1.29 is 9.59 Å². The van der Waals surface area contributed by atoms with Gasteiger partial charge in [-0.15, -0.1) is 0 Å². The first-order valence-corrected chi connectivity index (χ1v) is 8.30. The summed E-state index contributed by atoms with van der Waals surface area (Å²) < 4.78 is 1.54. The number of nitrogens with two attached hydrogens (primary N) is 1. The highest BCUT2D eigenvalue weighted by molar-refractivity contribution is 7.99. The van der Waals surface area contributed by atoms with Crippen LogP contribution in [0.1, 0.15) is 30.1 Å². The van der Waals surface area contributed by atoms with Crippen LogP contribution in [0.4, 0.5) is 0 Å². The van der Waals surface area contributed by atoms with Gasteiger partial charge in [0.25, 0.3) is 11.5 Å². The quantitative estimate of drug-likeness (QED) is 0.777. The molecule has 7 nitrogen and oxygen atoms in total. The molecule has 0 radical (unpaired) electrons. The second-order valence-corrected chi connectivity index (χ2v) is 6.80. The van der Waals surface area contributed by atoms with Crippen molar-refractivity contribution >= 4 is 23.6 Å². The average Bonchev–Trinajstić information content (AvgIpc) is 2.96. The Labute approximate surface area is 131 Å². The molecular weight excluding hydrogens is 304 g/mol. The predicted octanol–water partition coefficient (Wildman–Crippen LogP) is 0.0750. The largest absolute Gasteiger partial charge is 0.369 e. The number of likely N-dealkylation sites (tertiary alicyclic amines) is 1. The molecule has 2 aliphatic heterocycles. The summed E-state index contributed by atoms with van der Waals surface area (Å²) in [5, 5.41) is 0.656. The number of carbonyl (C=O) groups excluding carboxylic acids is 2. The SMILES string of the molecule is C[C@@H]1CC[C@@H](C(N)=O)CN1C(=O)c1cnc2n(c1=O)CCS2. The number of fused-ring (bicyclic) bond motifs is 1. The van der Waals surface area contributed by atoms with E-state index in [2.05, 4.69) is 4.98 Å². The van der Waals surface area contributed by atoms with Gasteiger partial charge in [0.1, 0.15) is 5.56 Å². The predicted molar refractivity (Wildman–Crippen MR) is 81.6 cm³/mol. The zero-order chi connectivity index (χ0) is 15.9. The van der Waals surface area contributed by atoms with Crippen LogP contribution in [0.25, 0.3) is 0 Å². The molecule has 118 valence electrons. The van der Waals surface area contributed by atoms with Gasteiger partial charge >= 0.3 is 0 Å². The van der Waals surface area contributed by atoms with Crippen molar-refractivity contribution in [2.45, 2.75) is 37.5 Å². The Balaban J connectivity index is 1.90. The van der Waals surface area contributed by atoms with Gasteiger partial charge < -0.3 is 10.6 Å². The van der Waals surface area contributed by atoms with Crippen molar-refractivity contribution in [3.8, 4) is 0 Å². The van der Waals surface area contributed by atoms with Gasteiger partial charge in [-0.3, -0.25) is 19.0 Å². The highest BCUT2D eigenvalue weighted by Crippen LogP contribution is 2.24. The summed E-state index contributed by atoms with van der Waals surface area (Å²) in [5.41, 5.74) is 5.13. The lowest BCUT2D eigenvalue weighted by Gasteiger charge is -2.36. The van der Waals surface area contributed by atoms with Crippen molar-refractivity contribution in [2.24, 2.45) is 11.7 Å². The van der Waals surface area contributed by atoms with Gasteiger partial charge in [0, 0.05) is 31.1 Å². The van der Waals surface area contributed by atoms with Crippen LogP contribution in [0, 0.1) is 5.92 Å². The third kappa shape index (κ3) is 2.51. The van der Waals surface area contributed by atoms with Gasteiger partial charge in [-0.1, -0.05) is 11.8 Å². The van der Waals surface area contributed by atoms with Gasteiger partial charge in [-0.2, -0.15) is 0 Å². The average molecular weight is 322 g/mol. The summed E-state index contributed by atoms with van der Waals surface area (Å²) in [5.74, 6) is -0.307. The molecule has 0 bridgehead atoms. The van der Waals surface area contributed by atoms with Gasteiger partial charge in [0.05, 0.1) is 5.92 Å². The molecule has 22 heavy (non-hydrogen) atoms. The topological polar surface area (TPSA) is 98.3 Å². The fraction of sp³-hybridized carbons (Fsp3) is 0.571. The van der Waals surface area contributed by atoms with E-state index < -0.39 is 5.91 Å². The smallest absolute Gasteiger partial charge is 0.267 e. The lowest BCUT2D eigenvalue weighted by Crippen LogP contribution is -2.50. The lowest BCUT2D eigenvalue weighted by molar-refractivity contribution is -0.123. The van der Waals surface area contributed by atoms with Crippen LogP contribution in [-0.4, -0.2) is 44.6 Å². The zero-order valence-electron chi connectivity index (χ0n) is 12.3. The number of hydrogen-bond donors (Lipinski definition) is 1. The van der Waals surface area contributed by atoms with Gasteiger partial charge in [-0.05, 0) is 19.8 Å². The van der Waals surface area contributed by atoms with Crippen molar-refractivity contribution in [2.75, 3.05) is 12.3 Å². The lowest BCUT2D eigenvalue weighted by atomic mass is 9.92. The summed E-state index contributed by atoms with van der Waals surface area (Å²) in [7, 11) is 0. The number of nitrogens with zero attached hydrogens (tertiary/aromatic N) is 3. The summed E-state index contributed by atoms with van der Waals surface area (Å²) >= 11 is 1.51. The Morgan fingerprint density at radius 3 is 2.91 bits per heavy atom. The number of primary amides is 1. The number of amides is 2. The van der Waals surface area contributed by atoms with E-state index in [-0.39, 0.29) is 35.5 Å². The van der Waals surface area contributed by atoms with Crippen LogP contribution < -0.4 is 11.3 Å². The highest BCUT2D eigenvalue weighted by atomic mass is 32.2. The summed E-state index contributed by atoms with van der Waals surface area (Å²) in [6, 6.07) is -0.0184. The molecule has 0 saturated carbocycles. The van der Waals surface area contributed by atoms with Crippen LogP contribution in [0.15, 0.2) is 16.1 Å². The van der Waals surface area contributed by atoms with Crippen LogP contribution in [0.2, 0.25) is 0 Å². The number of aromatic nitrogens is 2. The molecular formula is C14H18N4O3S. The molecule has 3 heterocycles. The second kappa shape index (κ2) is 5.75. The molecule has 2 atom stereocenters. The third-order valence-corrected chi connectivity index (χ3v) is 5.30. The van der Waals surface area contributed by atoms with Gasteiger partial charge in [0.2, 0.25) is 5.91 Å². The van der Waals surface area contributed by atoms with E-state index in [1.54, 1.807) is 4.90 Å². The second-order valence-electron chi connectivity index (χ2n) is 5.74. The van der Waals surface area contributed by atoms with E-state index in [0.717, 1.165) is 5.75 Å². The summed E-state index contributed by atoms with van der Waals surface area (Å²) in [6.07, 6.45) is 2.74. The molecule has 1 aromatic heterocycles. The minimum atomic E-state index is -0.398. The Hall–Kier alpha value is -1.83. The number of thioether (sulfide) groups is 1. The summed E-state index contributed by atoms with van der Waals surface area (Å²) in [6.45, 7) is 2.76. The molecule has 1 saturated heterocycles. The number of piperidine rings is 1. The van der Waals surface area contributed by atoms with Crippen LogP contribution in [-0.2, 0) is 11.3 Å². The Kier molecular flexibility index (Phi) is 3.94. The van der Waals surface area contributed by atoms with E-state index in [1.165, 1.54) is 22.5 Å². The third-order valence-electron chi connectivity index (χ3n) is 4.33. The van der Waals surface area contributed by atoms with Gasteiger partial charge in [0.15, 0.2) is 5.16 Å². The first-order chi connectivity index (χ1) is 10.5. The highest BCUT2D eigenvalue weighted by Gasteiger charge is 2.33. The van der Waals surface area contributed by atoms with E-state index in [4.69, 9.17) is 5.73 Å². The van der Waals surface area contributed by atoms with E-state index in [0.29, 0.717) is 24.5 Å². The molecule has 2 amide bonds. The Morgan fingerprint density at radius 2 is 2.18 bits per heavy atom. The molecule has 1 fully saturated rings. The molecule has 0 spiro atoms. The number of carbonyl (C=O) groups is 2. The Bertz CT molecular complexity index is 687. The molecule has 2 aliphatic rings. The maximum atomic E-state index is 12.7. The molecule has 0 aromatic carbocycles. The van der Waals surface area contributed by atoms with Crippen molar-refractivity contribution in [1.29, 1.82) is 0 Å². The van der Waals surface area contributed by atoms with E-state index in [9.17, 15) is 14.4 Å². The monoisotopic (exact) mass is 322 g/mol. The van der Waals surface area contributed by atoms with E-state index in [1.807, 2.05) is 6.92 Å². The molecule has 0 aliphatic carbocycles. The van der Waals surface area contributed by atoms with Crippen LogP contribution in [0.5, 0.6) is 0 Å². The van der Waals surface area contributed by atoms with Crippen LogP contribution in [0.3, 0.4) is 0 Å². The fourth-order valence-corrected chi connectivity index (χ4v) is 3.85. The maximum absolute atomic E-state index is 12.7. The zero-order valence-corrected chi connectivity index (χ0v) is 13.1. The number of hydrogen-bond acceptors (Lipinski definition) is 5. The van der Waals surface area contributed by atoms with Crippen molar-refractivity contribution in [1.82, 2.24) is 14.5 Å². The van der Waals surface area contributed by atoms with Crippen molar-refractivity contribution in [3.63, 3.8) is 0 Å². The van der Waals surface area contributed by atoms with E-state index >= 15 is 0 Å². The standard InChI is InChI=1S/C14H18N4O3S/c1-8-2-3-9(11(15)19)7-18(8)13(21)10-6-16-14-17(12(10)20)4-5-22-14/h6,8-9H,2-5,7H2,1H3,(H2,15,19)/t8-,9-/m1/s1. The number of rotatable bonds is 2. The first-order valence-electron chi connectivity index (χ1n) is 7.32.